The van der Waals surface area contributed by atoms with Crippen LogP contribution in [0.1, 0.15) is 33.1 Å². The molecule has 0 aromatic carbocycles. The Morgan fingerprint density at radius 1 is 1.55 bits per heavy atom. The molecular weight excluding hydrogens is 140 g/mol. The maximum atomic E-state index is 10.1. The molecule has 0 radical (unpaired) electrons. The molecule has 2 heteroatoms. The summed E-state index contributed by atoms with van der Waals surface area (Å²) in [6.07, 6.45) is 3.65. The minimum absolute atomic E-state index is 0.251. The lowest BCUT2D eigenvalue weighted by atomic mass is 10.2. The van der Waals surface area contributed by atoms with E-state index in [-0.39, 0.29) is 6.42 Å². The molecule has 1 N–H and O–H groups in total. The second kappa shape index (κ2) is 5.75. The van der Waals surface area contributed by atoms with Crippen molar-refractivity contribution >= 4 is 5.97 Å². The van der Waals surface area contributed by atoms with Crippen molar-refractivity contribution in [2.75, 3.05) is 0 Å². The zero-order valence-electron chi connectivity index (χ0n) is 7.05. The van der Waals surface area contributed by atoms with Gasteiger partial charge in [-0.1, -0.05) is 0 Å². The lowest BCUT2D eigenvalue weighted by Crippen LogP contribution is -1.92. The Labute approximate surface area is 67.2 Å². The number of unbranched alkanes of at least 4 members (excludes halogenated alkanes) is 1. The predicted molar refractivity (Wildman–Crippen MR) is 44.4 cm³/mol. The number of allylic oxidation sites excluding steroid dienone is 1. The second-order valence-electron chi connectivity index (χ2n) is 2.63. The van der Waals surface area contributed by atoms with Gasteiger partial charge in [-0.2, -0.15) is 0 Å². The molecule has 0 aliphatic heterocycles. The van der Waals surface area contributed by atoms with Gasteiger partial charge in [-0.05, 0) is 38.3 Å². The van der Waals surface area contributed by atoms with Gasteiger partial charge in [-0.15, -0.1) is 5.73 Å². The van der Waals surface area contributed by atoms with E-state index in [2.05, 4.69) is 5.73 Å². The number of hydrogen-bond donors (Lipinski definition) is 1. The number of aliphatic carboxylic acids is 1. The van der Waals surface area contributed by atoms with Crippen LogP contribution >= 0.6 is 0 Å². The Morgan fingerprint density at radius 3 is 2.64 bits per heavy atom. The molecule has 0 fully saturated rings. The van der Waals surface area contributed by atoms with Crippen molar-refractivity contribution in [3.05, 3.63) is 17.4 Å². The molecule has 62 valence electrons. The fourth-order valence-corrected chi connectivity index (χ4v) is 0.632. The summed E-state index contributed by atoms with van der Waals surface area (Å²) in [5.74, 6) is -0.726. The number of hydrogen-bond acceptors (Lipinski definition) is 1. The molecule has 0 saturated heterocycles. The number of carboxylic acid groups (broad SMARTS) is 1. The van der Waals surface area contributed by atoms with Gasteiger partial charge in [0.15, 0.2) is 0 Å². The highest BCUT2D eigenvalue weighted by Crippen LogP contribution is 1.96. The maximum absolute atomic E-state index is 10.1. The van der Waals surface area contributed by atoms with E-state index in [0.717, 1.165) is 12.0 Å². The Kier molecular flexibility index (Phi) is 5.22. The van der Waals surface area contributed by atoms with E-state index in [9.17, 15) is 4.79 Å². The van der Waals surface area contributed by atoms with Gasteiger partial charge in [-0.3, -0.25) is 4.79 Å². The second-order valence-corrected chi connectivity index (χ2v) is 2.63. The van der Waals surface area contributed by atoms with E-state index >= 15 is 0 Å². The average molecular weight is 154 g/mol. The van der Waals surface area contributed by atoms with Crippen LogP contribution in [0, 0.1) is 0 Å². The van der Waals surface area contributed by atoms with Crippen LogP contribution in [0.25, 0.3) is 0 Å². The molecule has 0 aliphatic rings. The Balaban J connectivity index is 3.43. The summed E-state index contributed by atoms with van der Waals surface area (Å²) in [5.41, 5.74) is 4.14. The van der Waals surface area contributed by atoms with E-state index in [4.69, 9.17) is 5.11 Å². The molecule has 0 unspecified atom stereocenters. The average Bonchev–Trinajstić information content (AvgIpc) is 1.85. The van der Waals surface area contributed by atoms with Gasteiger partial charge >= 0.3 is 5.97 Å². The van der Waals surface area contributed by atoms with Gasteiger partial charge in [-0.25, -0.2) is 0 Å². The summed E-state index contributed by atoms with van der Waals surface area (Å²) in [7, 11) is 0. The Hall–Kier alpha value is -1.01. The lowest BCUT2D eigenvalue weighted by Gasteiger charge is -1.88. The smallest absolute Gasteiger partial charge is 0.303 e. The zero-order chi connectivity index (χ0) is 8.69. The van der Waals surface area contributed by atoms with Crippen molar-refractivity contribution in [1.82, 2.24) is 0 Å². The summed E-state index contributed by atoms with van der Waals surface area (Å²) in [4.78, 5) is 10.1. The minimum atomic E-state index is -0.726. The molecule has 0 spiro atoms. The van der Waals surface area contributed by atoms with Gasteiger partial charge < -0.3 is 5.11 Å². The molecule has 0 rings (SSSR count). The van der Waals surface area contributed by atoms with Crippen molar-refractivity contribution in [2.24, 2.45) is 0 Å². The van der Waals surface area contributed by atoms with Crippen molar-refractivity contribution in [3.8, 4) is 0 Å². The first-order valence-corrected chi connectivity index (χ1v) is 3.73. The first-order valence-electron chi connectivity index (χ1n) is 3.73. The summed E-state index contributed by atoms with van der Waals surface area (Å²) >= 11 is 0. The highest BCUT2D eigenvalue weighted by molar-refractivity contribution is 5.66. The predicted octanol–water partition coefficient (Wildman–Crippen LogP) is 2.36. The molecular formula is C9H14O2. The Bertz CT molecular complexity index is 182. The SMILES string of the molecule is CC(C)=C=CCCCC(=O)O. The fraction of sp³-hybridized carbons (Fsp3) is 0.556. The minimum Gasteiger partial charge on any atom is -0.481 e. The third-order valence-electron chi connectivity index (χ3n) is 1.13. The standard InChI is InChI=1S/C9H14O2/c1-8(2)6-4-3-5-7-9(10)11/h4H,3,5,7H2,1-2H3,(H,10,11). The molecule has 0 amide bonds. The number of carboxylic acids is 1. The quantitative estimate of drug-likeness (QED) is 0.498. The third kappa shape index (κ3) is 8.99. The molecule has 0 saturated carbocycles. The van der Waals surface area contributed by atoms with Crippen LogP contribution in [0.2, 0.25) is 0 Å². The number of rotatable bonds is 4. The van der Waals surface area contributed by atoms with Crippen molar-refractivity contribution in [2.45, 2.75) is 33.1 Å². The van der Waals surface area contributed by atoms with E-state index in [1.165, 1.54) is 0 Å². The van der Waals surface area contributed by atoms with Crippen LogP contribution in [0.5, 0.6) is 0 Å². The number of carbonyl (C=O) groups is 1. The summed E-state index contributed by atoms with van der Waals surface area (Å²) < 4.78 is 0. The van der Waals surface area contributed by atoms with Gasteiger partial charge in [0.1, 0.15) is 0 Å². The van der Waals surface area contributed by atoms with Crippen molar-refractivity contribution in [3.63, 3.8) is 0 Å². The maximum Gasteiger partial charge on any atom is 0.303 e. The monoisotopic (exact) mass is 154 g/mol. The topological polar surface area (TPSA) is 37.3 Å². The molecule has 11 heavy (non-hydrogen) atoms. The van der Waals surface area contributed by atoms with Crippen molar-refractivity contribution in [1.29, 1.82) is 0 Å². The largest absolute Gasteiger partial charge is 0.481 e. The third-order valence-corrected chi connectivity index (χ3v) is 1.13. The van der Waals surface area contributed by atoms with Crippen LogP contribution in [-0.4, -0.2) is 11.1 Å². The summed E-state index contributed by atoms with van der Waals surface area (Å²) in [6.45, 7) is 3.93. The van der Waals surface area contributed by atoms with Gasteiger partial charge in [0.05, 0.1) is 0 Å². The van der Waals surface area contributed by atoms with Crippen LogP contribution in [0.4, 0.5) is 0 Å². The van der Waals surface area contributed by atoms with Crippen LogP contribution in [0.3, 0.4) is 0 Å². The molecule has 2 nitrogen and oxygen atoms in total. The van der Waals surface area contributed by atoms with E-state index in [1.807, 2.05) is 19.9 Å². The molecule has 0 aliphatic carbocycles. The first-order chi connectivity index (χ1) is 5.13. The van der Waals surface area contributed by atoms with E-state index < -0.39 is 5.97 Å². The fourth-order valence-electron chi connectivity index (χ4n) is 0.632. The molecule has 0 aromatic heterocycles. The summed E-state index contributed by atoms with van der Waals surface area (Å²) in [5, 5.41) is 8.28. The highest BCUT2D eigenvalue weighted by atomic mass is 16.4. The van der Waals surface area contributed by atoms with Crippen LogP contribution in [-0.2, 0) is 4.79 Å². The summed E-state index contributed by atoms with van der Waals surface area (Å²) in [6, 6.07) is 0. The zero-order valence-corrected chi connectivity index (χ0v) is 7.05. The molecule has 0 bridgehead atoms. The van der Waals surface area contributed by atoms with Gasteiger partial charge in [0, 0.05) is 6.42 Å². The van der Waals surface area contributed by atoms with Crippen LogP contribution in [0.15, 0.2) is 17.4 Å². The van der Waals surface area contributed by atoms with E-state index in [1.54, 1.807) is 0 Å². The molecule has 0 atom stereocenters. The highest BCUT2D eigenvalue weighted by Gasteiger charge is 1.92. The molecule has 0 aromatic rings. The van der Waals surface area contributed by atoms with E-state index in [0.29, 0.717) is 6.42 Å². The first kappa shape index (κ1) is 9.99. The lowest BCUT2D eigenvalue weighted by molar-refractivity contribution is -0.137. The molecule has 0 heterocycles. The van der Waals surface area contributed by atoms with Gasteiger partial charge in [0.2, 0.25) is 0 Å². The van der Waals surface area contributed by atoms with Crippen LogP contribution < -0.4 is 0 Å². The van der Waals surface area contributed by atoms with Gasteiger partial charge in [0.25, 0.3) is 0 Å². The normalized spacial score (nSPS) is 8.55. The Morgan fingerprint density at radius 2 is 2.18 bits per heavy atom. The van der Waals surface area contributed by atoms with Crippen molar-refractivity contribution < 1.29 is 9.90 Å².